The quantitative estimate of drug-likeness (QED) is 0.735. The Balaban J connectivity index is 1.64. The predicted molar refractivity (Wildman–Crippen MR) is 107 cm³/mol. The van der Waals surface area contributed by atoms with Gasteiger partial charge in [0.05, 0.1) is 16.6 Å². The fourth-order valence-corrected chi connectivity index (χ4v) is 4.41. The normalized spacial score (nSPS) is 15.8. The summed E-state index contributed by atoms with van der Waals surface area (Å²) in [5, 5.41) is 3.17. The van der Waals surface area contributed by atoms with Gasteiger partial charge in [-0.2, -0.15) is 0 Å². The third-order valence-electron chi connectivity index (χ3n) is 5.78. The number of nitrogens with one attached hydrogen (secondary N) is 1. The molecule has 6 heteroatoms. The Morgan fingerprint density at radius 3 is 2.25 bits per heavy atom. The van der Waals surface area contributed by atoms with Crippen LogP contribution in [0.5, 0.6) is 0 Å². The Morgan fingerprint density at radius 2 is 1.64 bits per heavy atom. The summed E-state index contributed by atoms with van der Waals surface area (Å²) in [6.07, 6.45) is 3.64. The van der Waals surface area contributed by atoms with Crippen LogP contribution in [0.25, 0.3) is 11.0 Å². The SMILES string of the molecule is CCn1c(=O)n(CC(=O)NC2(c3ccc(F)cc3)CCCC2)c2ccccc21. The van der Waals surface area contributed by atoms with E-state index in [4.69, 9.17) is 0 Å². The average Bonchev–Trinajstić information content (AvgIpc) is 3.26. The third-order valence-corrected chi connectivity index (χ3v) is 5.78. The molecule has 1 amide bonds. The Kier molecular flexibility index (Phi) is 4.79. The number of nitrogens with zero attached hydrogens (tertiary/aromatic N) is 2. The van der Waals surface area contributed by atoms with Gasteiger partial charge in [0.2, 0.25) is 5.91 Å². The monoisotopic (exact) mass is 381 g/mol. The molecular weight excluding hydrogens is 357 g/mol. The van der Waals surface area contributed by atoms with E-state index in [1.807, 2.05) is 31.2 Å². The van der Waals surface area contributed by atoms with E-state index in [1.54, 1.807) is 16.7 Å². The van der Waals surface area contributed by atoms with Crippen LogP contribution in [-0.4, -0.2) is 15.0 Å². The van der Waals surface area contributed by atoms with Gasteiger partial charge in [0.1, 0.15) is 12.4 Å². The summed E-state index contributed by atoms with van der Waals surface area (Å²) in [6, 6.07) is 13.9. The standard InChI is InChI=1S/C22H24FN3O2/c1-2-25-18-7-3-4-8-19(18)26(21(25)28)15-20(27)24-22(13-5-6-14-22)16-9-11-17(23)12-10-16/h3-4,7-12H,2,5-6,13-15H2,1H3,(H,24,27). The van der Waals surface area contributed by atoms with E-state index in [0.29, 0.717) is 6.54 Å². The van der Waals surface area contributed by atoms with Gasteiger partial charge in [-0.15, -0.1) is 0 Å². The smallest absolute Gasteiger partial charge is 0.329 e. The number of imidazole rings is 1. The van der Waals surface area contributed by atoms with Crippen LogP contribution in [0.3, 0.4) is 0 Å². The maximum Gasteiger partial charge on any atom is 0.329 e. The van der Waals surface area contributed by atoms with Crippen LogP contribution in [0.1, 0.15) is 38.2 Å². The highest BCUT2D eigenvalue weighted by Crippen LogP contribution is 2.38. The van der Waals surface area contributed by atoms with Gasteiger partial charge in [0, 0.05) is 6.54 Å². The number of halogens is 1. The minimum Gasteiger partial charge on any atom is -0.345 e. The average molecular weight is 381 g/mol. The molecule has 0 aliphatic heterocycles. The number of para-hydroxylation sites is 2. The molecule has 0 bridgehead atoms. The summed E-state index contributed by atoms with van der Waals surface area (Å²) in [4.78, 5) is 25.7. The number of carbonyl (C=O) groups excluding carboxylic acids is 1. The molecule has 1 aliphatic carbocycles. The Labute approximate surface area is 162 Å². The molecule has 4 rings (SSSR count). The molecular formula is C22H24FN3O2. The summed E-state index contributed by atoms with van der Waals surface area (Å²) in [6.45, 7) is 2.43. The molecule has 3 aromatic rings. The van der Waals surface area contributed by atoms with Crippen LogP contribution in [0, 0.1) is 5.82 Å². The largest absolute Gasteiger partial charge is 0.345 e. The molecule has 1 fully saturated rings. The number of fused-ring (bicyclic) bond motifs is 1. The van der Waals surface area contributed by atoms with E-state index < -0.39 is 5.54 Å². The molecule has 0 saturated heterocycles. The molecule has 0 unspecified atom stereocenters. The van der Waals surface area contributed by atoms with Gasteiger partial charge in [0.25, 0.3) is 0 Å². The fraction of sp³-hybridized carbons (Fsp3) is 0.364. The second-order valence-corrected chi connectivity index (χ2v) is 7.45. The minimum atomic E-state index is -0.489. The topological polar surface area (TPSA) is 56.0 Å². The third kappa shape index (κ3) is 3.13. The summed E-state index contributed by atoms with van der Waals surface area (Å²) < 4.78 is 16.6. The van der Waals surface area contributed by atoms with Gasteiger partial charge in [-0.05, 0) is 49.6 Å². The number of hydrogen-bond acceptors (Lipinski definition) is 2. The van der Waals surface area contributed by atoms with Gasteiger partial charge in [-0.25, -0.2) is 9.18 Å². The molecule has 5 nitrogen and oxygen atoms in total. The first-order chi connectivity index (χ1) is 13.5. The molecule has 0 spiro atoms. The zero-order chi connectivity index (χ0) is 19.7. The zero-order valence-corrected chi connectivity index (χ0v) is 16.0. The fourth-order valence-electron chi connectivity index (χ4n) is 4.41. The lowest BCUT2D eigenvalue weighted by Crippen LogP contribution is -2.46. The Hall–Kier alpha value is -2.89. The Morgan fingerprint density at radius 1 is 1.04 bits per heavy atom. The van der Waals surface area contributed by atoms with Crippen molar-refractivity contribution in [2.24, 2.45) is 0 Å². The first-order valence-electron chi connectivity index (χ1n) is 9.79. The molecule has 1 saturated carbocycles. The lowest BCUT2D eigenvalue weighted by Gasteiger charge is -2.31. The van der Waals surface area contributed by atoms with E-state index in [-0.39, 0.29) is 24.0 Å². The molecule has 1 aromatic heterocycles. The van der Waals surface area contributed by atoms with Crippen molar-refractivity contribution < 1.29 is 9.18 Å². The molecule has 0 atom stereocenters. The predicted octanol–water partition coefficient (Wildman–Crippen LogP) is 3.55. The van der Waals surface area contributed by atoms with Crippen molar-refractivity contribution in [1.29, 1.82) is 0 Å². The van der Waals surface area contributed by atoms with Gasteiger partial charge >= 0.3 is 5.69 Å². The first-order valence-corrected chi connectivity index (χ1v) is 9.79. The highest BCUT2D eigenvalue weighted by atomic mass is 19.1. The van der Waals surface area contributed by atoms with E-state index in [2.05, 4.69) is 5.32 Å². The highest BCUT2D eigenvalue weighted by molar-refractivity contribution is 5.81. The van der Waals surface area contributed by atoms with Crippen LogP contribution in [-0.2, 0) is 23.4 Å². The molecule has 1 aliphatic rings. The maximum atomic E-state index is 13.3. The van der Waals surface area contributed by atoms with Crippen LogP contribution >= 0.6 is 0 Å². The minimum absolute atomic E-state index is 0.0324. The Bertz CT molecular complexity index is 1060. The van der Waals surface area contributed by atoms with Gasteiger partial charge in [-0.1, -0.05) is 37.1 Å². The summed E-state index contributed by atoms with van der Waals surface area (Å²) >= 11 is 0. The molecule has 1 N–H and O–H groups in total. The second-order valence-electron chi connectivity index (χ2n) is 7.45. The lowest BCUT2D eigenvalue weighted by atomic mass is 9.88. The number of aromatic nitrogens is 2. The molecule has 0 radical (unpaired) electrons. The van der Waals surface area contributed by atoms with Crippen LogP contribution < -0.4 is 11.0 Å². The number of aryl methyl sites for hydroxylation is 1. The molecule has 1 heterocycles. The van der Waals surface area contributed by atoms with Crippen molar-refractivity contribution in [3.63, 3.8) is 0 Å². The van der Waals surface area contributed by atoms with Gasteiger partial charge in [-0.3, -0.25) is 13.9 Å². The summed E-state index contributed by atoms with van der Waals surface area (Å²) in [5.74, 6) is -0.491. The van der Waals surface area contributed by atoms with Gasteiger partial charge < -0.3 is 5.32 Å². The van der Waals surface area contributed by atoms with E-state index in [0.717, 1.165) is 42.3 Å². The number of amides is 1. The van der Waals surface area contributed by atoms with Crippen LogP contribution in [0.15, 0.2) is 53.3 Å². The highest BCUT2D eigenvalue weighted by Gasteiger charge is 2.37. The summed E-state index contributed by atoms with van der Waals surface area (Å²) in [7, 11) is 0. The van der Waals surface area contributed by atoms with E-state index >= 15 is 0 Å². The van der Waals surface area contributed by atoms with Crippen molar-refractivity contribution in [1.82, 2.24) is 14.5 Å². The van der Waals surface area contributed by atoms with Gasteiger partial charge in [0.15, 0.2) is 0 Å². The first kappa shape index (κ1) is 18.5. The number of rotatable bonds is 5. The van der Waals surface area contributed by atoms with E-state index in [9.17, 15) is 14.0 Å². The number of hydrogen-bond donors (Lipinski definition) is 1. The maximum absolute atomic E-state index is 13.3. The van der Waals surface area contributed by atoms with Crippen molar-refractivity contribution >= 4 is 16.9 Å². The number of benzene rings is 2. The molecule has 146 valence electrons. The van der Waals surface area contributed by atoms with Crippen molar-refractivity contribution in [2.45, 2.75) is 51.2 Å². The van der Waals surface area contributed by atoms with E-state index in [1.165, 1.54) is 16.7 Å². The lowest BCUT2D eigenvalue weighted by molar-refractivity contribution is -0.123. The molecule has 2 aromatic carbocycles. The second kappa shape index (κ2) is 7.26. The number of carbonyl (C=O) groups is 1. The van der Waals surface area contributed by atoms with Crippen LogP contribution in [0.4, 0.5) is 4.39 Å². The van der Waals surface area contributed by atoms with Crippen molar-refractivity contribution in [3.05, 3.63) is 70.4 Å². The van der Waals surface area contributed by atoms with Crippen molar-refractivity contribution in [2.75, 3.05) is 0 Å². The molecule has 28 heavy (non-hydrogen) atoms. The zero-order valence-electron chi connectivity index (χ0n) is 16.0. The van der Waals surface area contributed by atoms with Crippen molar-refractivity contribution in [3.8, 4) is 0 Å². The van der Waals surface area contributed by atoms with Crippen LogP contribution in [0.2, 0.25) is 0 Å². The summed E-state index contributed by atoms with van der Waals surface area (Å²) in [5.41, 5.74) is 1.84.